The van der Waals surface area contributed by atoms with E-state index in [1.807, 2.05) is 55.5 Å². The van der Waals surface area contributed by atoms with Gasteiger partial charge in [-0.05, 0) is 18.1 Å². The predicted octanol–water partition coefficient (Wildman–Crippen LogP) is 3.03. The van der Waals surface area contributed by atoms with E-state index in [4.69, 9.17) is 0 Å². The Kier molecular flexibility index (Phi) is 7.17. The van der Waals surface area contributed by atoms with Gasteiger partial charge in [0.1, 0.15) is 0 Å². The monoisotopic (exact) mass is 329 g/mol. The number of thioether (sulfide) groups is 1. The molecule has 2 aromatic carbocycles. The van der Waals surface area contributed by atoms with Crippen LogP contribution in [0.4, 0.5) is 0 Å². The van der Waals surface area contributed by atoms with Crippen LogP contribution in [0.25, 0.3) is 0 Å². The highest BCUT2D eigenvalue weighted by atomic mass is 32.2. The first-order valence-corrected chi connectivity index (χ1v) is 8.85. The van der Waals surface area contributed by atoms with E-state index in [0.29, 0.717) is 6.42 Å². The second-order valence-electron chi connectivity index (χ2n) is 5.53. The van der Waals surface area contributed by atoms with Crippen LogP contribution >= 0.6 is 11.8 Å². The standard InChI is InChI=1S/C19H23NO2S/c1-15(23-14-17-10-6-3-7-11-17)19(22)20-13-18(21)12-16-8-4-2-5-9-16/h2-11,15,18,21H,12-14H2,1H3,(H,20,22). The minimum absolute atomic E-state index is 0.0296. The Morgan fingerprint density at radius 3 is 2.22 bits per heavy atom. The summed E-state index contributed by atoms with van der Waals surface area (Å²) in [5.41, 5.74) is 2.28. The summed E-state index contributed by atoms with van der Waals surface area (Å²) in [5, 5.41) is 12.7. The summed E-state index contributed by atoms with van der Waals surface area (Å²) < 4.78 is 0. The Morgan fingerprint density at radius 2 is 1.61 bits per heavy atom. The second-order valence-corrected chi connectivity index (χ2v) is 6.86. The zero-order valence-corrected chi connectivity index (χ0v) is 14.1. The van der Waals surface area contributed by atoms with E-state index in [9.17, 15) is 9.90 Å². The molecule has 2 N–H and O–H groups in total. The van der Waals surface area contributed by atoms with E-state index in [-0.39, 0.29) is 17.7 Å². The summed E-state index contributed by atoms with van der Waals surface area (Å²) in [7, 11) is 0. The van der Waals surface area contributed by atoms with Gasteiger partial charge in [-0.25, -0.2) is 0 Å². The molecule has 0 bridgehead atoms. The van der Waals surface area contributed by atoms with E-state index >= 15 is 0 Å². The van der Waals surface area contributed by atoms with Crippen molar-refractivity contribution < 1.29 is 9.90 Å². The third kappa shape index (κ3) is 6.47. The maximum atomic E-state index is 12.1. The molecule has 0 fully saturated rings. The molecule has 0 aliphatic rings. The van der Waals surface area contributed by atoms with Gasteiger partial charge in [0.15, 0.2) is 0 Å². The van der Waals surface area contributed by atoms with Crippen LogP contribution in [-0.4, -0.2) is 28.9 Å². The topological polar surface area (TPSA) is 49.3 Å². The number of hydrogen-bond donors (Lipinski definition) is 2. The van der Waals surface area contributed by atoms with Gasteiger partial charge in [0.25, 0.3) is 0 Å². The Labute approximate surface area is 142 Å². The molecular formula is C19H23NO2S. The maximum absolute atomic E-state index is 12.1. The highest BCUT2D eigenvalue weighted by Crippen LogP contribution is 2.17. The lowest BCUT2D eigenvalue weighted by Gasteiger charge is -2.15. The molecule has 2 unspecified atom stereocenters. The summed E-state index contributed by atoms with van der Waals surface area (Å²) in [6.07, 6.45) is -0.0141. The highest BCUT2D eigenvalue weighted by molar-refractivity contribution is 7.99. The Hall–Kier alpha value is -1.78. The maximum Gasteiger partial charge on any atom is 0.232 e. The van der Waals surface area contributed by atoms with Crippen LogP contribution in [0, 0.1) is 0 Å². The lowest BCUT2D eigenvalue weighted by molar-refractivity contribution is -0.120. The van der Waals surface area contributed by atoms with Crippen LogP contribution in [-0.2, 0) is 17.0 Å². The first-order valence-electron chi connectivity index (χ1n) is 7.80. The third-order valence-corrected chi connectivity index (χ3v) is 4.75. The Morgan fingerprint density at radius 1 is 1.04 bits per heavy atom. The van der Waals surface area contributed by atoms with Crippen LogP contribution in [0.5, 0.6) is 0 Å². The number of amides is 1. The largest absolute Gasteiger partial charge is 0.391 e. The first-order chi connectivity index (χ1) is 11.1. The van der Waals surface area contributed by atoms with E-state index in [1.54, 1.807) is 11.8 Å². The molecule has 3 nitrogen and oxygen atoms in total. The number of rotatable bonds is 8. The summed E-state index contributed by atoms with van der Waals surface area (Å²) in [6.45, 7) is 2.18. The van der Waals surface area contributed by atoms with Gasteiger partial charge in [0.2, 0.25) is 5.91 Å². The van der Waals surface area contributed by atoms with Crippen molar-refractivity contribution >= 4 is 17.7 Å². The summed E-state index contributed by atoms with van der Waals surface area (Å²) in [6, 6.07) is 19.9. The fraction of sp³-hybridized carbons (Fsp3) is 0.316. The molecular weight excluding hydrogens is 306 g/mol. The molecule has 0 saturated carbocycles. The van der Waals surface area contributed by atoms with Gasteiger partial charge in [-0.3, -0.25) is 4.79 Å². The normalized spacial score (nSPS) is 13.3. The van der Waals surface area contributed by atoms with Gasteiger partial charge < -0.3 is 10.4 Å². The minimum atomic E-state index is -0.562. The van der Waals surface area contributed by atoms with Gasteiger partial charge in [0, 0.05) is 18.7 Å². The van der Waals surface area contributed by atoms with Crippen LogP contribution in [0.1, 0.15) is 18.1 Å². The van der Waals surface area contributed by atoms with E-state index in [1.165, 1.54) is 5.56 Å². The Balaban J connectivity index is 1.69. The number of aliphatic hydroxyl groups is 1. The highest BCUT2D eigenvalue weighted by Gasteiger charge is 2.15. The summed E-state index contributed by atoms with van der Waals surface area (Å²) >= 11 is 1.60. The molecule has 0 heterocycles. The lowest BCUT2D eigenvalue weighted by atomic mass is 10.1. The molecule has 2 aromatic rings. The lowest BCUT2D eigenvalue weighted by Crippen LogP contribution is -2.37. The number of hydrogen-bond acceptors (Lipinski definition) is 3. The zero-order valence-electron chi connectivity index (χ0n) is 13.3. The Bertz CT molecular complexity index is 589. The molecule has 0 spiro atoms. The molecule has 0 radical (unpaired) electrons. The molecule has 2 atom stereocenters. The number of benzene rings is 2. The number of carbonyl (C=O) groups is 1. The molecule has 1 amide bonds. The second kappa shape index (κ2) is 9.38. The molecule has 23 heavy (non-hydrogen) atoms. The average Bonchev–Trinajstić information content (AvgIpc) is 2.59. The van der Waals surface area contributed by atoms with Crippen molar-refractivity contribution in [3.8, 4) is 0 Å². The minimum Gasteiger partial charge on any atom is -0.391 e. The van der Waals surface area contributed by atoms with Crippen molar-refractivity contribution in [2.24, 2.45) is 0 Å². The van der Waals surface area contributed by atoms with Crippen molar-refractivity contribution in [3.05, 3.63) is 71.8 Å². The fourth-order valence-corrected chi connectivity index (χ4v) is 3.06. The average molecular weight is 329 g/mol. The van der Waals surface area contributed by atoms with Crippen molar-refractivity contribution in [3.63, 3.8) is 0 Å². The summed E-state index contributed by atoms with van der Waals surface area (Å²) in [5.74, 6) is 0.778. The van der Waals surface area contributed by atoms with Crippen molar-refractivity contribution in [2.45, 2.75) is 30.5 Å². The van der Waals surface area contributed by atoms with Gasteiger partial charge in [-0.1, -0.05) is 60.7 Å². The summed E-state index contributed by atoms with van der Waals surface area (Å²) in [4.78, 5) is 12.1. The molecule has 2 rings (SSSR count). The SMILES string of the molecule is CC(SCc1ccccc1)C(=O)NCC(O)Cc1ccccc1. The van der Waals surface area contributed by atoms with Crippen molar-refractivity contribution in [2.75, 3.05) is 6.54 Å². The van der Waals surface area contributed by atoms with Gasteiger partial charge in [-0.15, -0.1) is 11.8 Å². The van der Waals surface area contributed by atoms with E-state index in [0.717, 1.165) is 11.3 Å². The third-order valence-electron chi connectivity index (χ3n) is 3.54. The fourth-order valence-electron chi connectivity index (χ4n) is 2.19. The van der Waals surface area contributed by atoms with Crippen LogP contribution < -0.4 is 5.32 Å². The first kappa shape index (κ1) is 17.6. The molecule has 4 heteroatoms. The van der Waals surface area contributed by atoms with Crippen LogP contribution in [0.2, 0.25) is 0 Å². The molecule has 122 valence electrons. The van der Waals surface area contributed by atoms with Crippen LogP contribution in [0.3, 0.4) is 0 Å². The number of aliphatic hydroxyl groups excluding tert-OH is 1. The molecule has 0 aliphatic carbocycles. The number of carbonyl (C=O) groups excluding carboxylic acids is 1. The van der Waals surface area contributed by atoms with Crippen LogP contribution in [0.15, 0.2) is 60.7 Å². The van der Waals surface area contributed by atoms with Gasteiger partial charge in [-0.2, -0.15) is 0 Å². The molecule has 0 aliphatic heterocycles. The van der Waals surface area contributed by atoms with Crippen molar-refractivity contribution in [1.29, 1.82) is 0 Å². The van der Waals surface area contributed by atoms with E-state index < -0.39 is 6.10 Å². The van der Waals surface area contributed by atoms with E-state index in [2.05, 4.69) is 17.4 Å². The number of nitrogens with one attached hydrogen (secondary N) is 1. The van der Waals surface area contributed by atoms with Gasteiger partial charge >= 0.3 is 0 Å². The molecule has 0 saturated heterocycles. The predicted molar refractivity (Wildman–Crippen MR) is 96.4 cm³/mol. The van der Waals surface area contributed by atoms with Crippen molar-refractivity contribution in [1.82, 2.24) is 5.32 Å². The zero-order chi connectivity index (χ0) is 16.5. The molecule has 0 aromatic heterocycles. The van der Waals surface area contributed by atoms with Gasteiger partial charge in [0.05, 0.1) is 11.4 Å². The smallest absolute Gasteiger partial charge is 0.232 e. The quantitative estimate of drug-likeness (QED) is 0.783.